The summed E-state index contributed by atoms with van der Waals surface area (Å²) in [5.74, 6) is -4.23. The van der Waals surface area contributed by atoms with Gasteiger partial charge in [-0.05, 0) is 0 Å². The summed E-state index contributed by atoms with van der Waals surface area (Å²) in [6, 6.07) is 0. The van der Waals surface area contributed by atoms with Gasteiger partial charge in [0.2, 0.25) is 0 Å². The fourth-order valence-electron chi connectivity index (χ4n) is 0.0546. The first-order chi connectivity index (χ1) is 5.15. The van der Waals surface area contributed by atoms with E-state index in [1.54, 1.807) is 0 Å². The smallest absolute Gasteiger partial charge is 0.309 e. The molecule has 0 aliphatic carbocycles. The molecule has 0 aromatic rings. The molecule has 0 bridgehead atoms. The number of carbonyl (C=O) groups is 1. The second-order valence-electron chi connectivity index (χ2n) is 2.37. The third kappa shape index (κ3) is 6.09. The topological polar surface area (TPSA) is 29.6 Å². The van der Waals surface area contributed by atoms with Gasteiger partial charge in [-0.3, -0.25) is 4.79 Å². The van der Waals surface area contributed by atoms with Crippen LogP contribution in [0.2, 0.25) is 0 Å². The van der Waals surface area contributed by atoms with E-state index in [0.717, 1.165) is 6.92 Å². The number of epoxide rings is 1. The van der Waals surface area contributed by atoms with Crippen LogP contribution in [-0.2, 0) is 9.53 Å². The van der Waals surface area contributed by atoms with E-state index in [1.165, 1.54) is 0 Å². The van der Waals surface area contributed by atoms with Crippen molar-refractivity contribution in [3.63, 3.8) is 0 Å². The predicted octanol–water partition coefficient (Wildman–Crippen LogP) is 1.84. The van der Waals surface area contributed by atoms with Gasteiger partial charge >= 0.3 is 12.0 Å². The maximum absolute atomic E-state index is 11.5. The highest BCUT2D eigenvalue weighted by molar-refractivity contribution is 5.82. The van der Waals surface area contributed by atoms with E-state index in [4.69, 9.17) is 0 Å². The van der Waals surface area contributed by atoms with Gasteiger partial charge < -0.3 is 4.74 Å². The molecule has 0 spiro atoms. The van der Waals surface area contributed by atoms with Crippen molar-refractivity contribution in [3.8, 4) is 0 Å². The monoisotopic (exact) mass is 188 g/mol. The summed E-state index contributed by atoms with van der Waals surface area (Å²) in [7, 11) is 0. The van der Waals surface area contributed by atoms with Gasteiger partial charge in [0.05, 0.1) is 0 Å². The summed E-state index contributed by atoms with van der Waals surface area (Å²) in [5.41, 5.74) is 0. The van der Waals surface area contributed by atoms with E-state index in [9.17, 15) is 22.4 Å². The van der Waals surface area contributed by atoms with E-state index in [1.807, 2.05) is 0 Å². The standard InChI is InChI=1S/C4H6F2O.C2H2F2O/c1-3(7)4(2,5)6;3-2(4)1-5-2/h1-2H3;1H2. The molecule has 1 rings (SSSR count). The Balaban J connectivity index is 0.000000211. The first-order valence-electron chi connectivity index (χ1n) is 3.06. The van der Waals surface area contributed by atoms with Crippen molar-refractivity contribution in [3.05, 3.63) is 0 Å². The molecule has 2 nitrogen and oxygen atoms in total. The summed E-state index contributed by atoms with van der Waals surface area (Å²) in [4.78, 5) is 9.72. The van der Waals surface area contributed by atoms with Crippen LogP contribution in [0.3, 0.4) is 0 Å². The minimum absolute atomic E-state index is 0.382. The first-order valence-corrected chi connectivity index (χ1v) is 3.06. The average Bonchev–Trinajstić information content (AvgIpc) is 2.45. The SMILES string of the molecule is CC(=O)C(C)(F)F.FC1(F)CO1. The molecule has 0 aromatic heterocycles. The fraction of sp³-hybridized carbons (Fsp3) is 0.833. The van der Waals surface area contributed by atoms with Gasteiger partial charge in [0.25, 0.3) is 0 Å². The summed E-state index contributed by atoms with van der Waals surface area (Å²) in [5, 5.41) is 0. The Hall–Kier alpha value is -0.650. The van der Waals surface area contributed by atoms with Gasteiger partial charge in [-0.2, -0.15) is 17.6 Å². The highest BCUT2D eigenvalue weighted by Gasteiger charge is 2.46. The molecule has 0 atom stereocenters. The Morgan fingerprint density at radius 1 is 1.50 bits per heavy atom. The summed E-state index contributed by atoms with van der Waals surface area (Å²) in [6.45, 7) is 1.06. The molecule has 72 valence electrons. The molecule has 1 heterocycles. The number of carbonyl (C=O) groups excluding carboxylic acids is 1. The Morgan fingerprint density at radius 3 is 1.67 bits per heavy atom. The molecule has 12 heavy (non-hydrogen) atoms. The molecule has 0 amide bonds. The fourth-order valence-corrected chi connectivity index (χ4v) is 0.0546. The van der Waals surface area contributed by atoms with E-state index in [2.05, 4.69) is 4.74 Å². The van der Waals surface area contributed by atoms with Crippen LogP contribution >= 0.6 is 0 Å². The van der Waals surface area contributed by atoms with Gasteiger partial charge in [-0.15, -0.1) is 0 Å². The van der Waals surface area contributed by atoms with Crippen LogP contribution in [0.5, 0.6) is 0 Å². The minimum Gasteiger partial charge on any atom is -0.309 e. The second-order valence-corrected chi connectivity index (χ2v) is 2.37. The minimum atomic E-state index is -3.14. The summed E-state index contributed by atoms with van der Waals surface area (Å²) < 4.78 is 48.4. The van der Waals surface area contributed by atoms with Crippen molar-refractivity contribution in [1.29, 1.82) is 0 Å². The Morgan fingerprint density at radius 2 is 1.67 bits per heavy atom. The highest BCUT2D eigenvalue weighted by atomic mass is 19.3. The predicted molar refractivity (Wildman–Crippen MR) is 32.2 cm³/mol. The number of hydrogen-bond acceptors (Lipinski definition) is 2. The van der Waals surface area contributed by atoms with Crippen molar-refractivity contribution in [2.45, 2.75) is 25.9 Å². The van der Waals surface area contributed by atoms with E-state index < -0.39 is 17.8 Å². The zero-order valence-electron chi connectivity index (χ0n) is 6.54. The van der Waals surface area contributed by atoms with E-state index in [0.29, 0.717) is 6.92 Å². The van der Waals surface area contributed by atoms with Gasteiger partial charge in [-0.25, -0.2) is 0 Å². The average molecular weight is 188 g/mol. The number of halogens is 4. The van der Waals surface area contributed by atoms with Crippen LogP contribution in [0, 0.1) is 0 Å². The number of alkyl halides is 4. The van der Waals surface area contributed by atoms with Crippen LogP contribution in [-0.4, -0.2) is 24.4 Å². The van der Waals surface area contributed by atoms with Gasteiger partial charge in [0, 0.05) is 13.8 Å². The van der Waals surface area contributed by atoms with E-state index in [-0.39, 0.29) is 6.61 Å². The zero-order valence-corrected chi connectivity index (χ0v) is 6.54. The van der Waals surface area contributed by atoms with Gasteiger partial charge in [0.15, 0.2) is 5.78 Å². The first kappa shape index (κ1) is 11.4. The van der Waals surface area contributed by atoms with Crippen LogP contribution < -0.4 is 0 Å². The summed E-state index contributed by atoms with van der Waals surface area (Å²) >= 11 is 0. The highest BCUT2D eigenvalue weighted by Crippen LogP contribution is 2.28. The van der Waals surface area contributed by atoms with Gasteiger partial charge in [-0.1, -0.05) is 0 Å². The third-order valence-electron chi connectivity index (χ3n) is 0.981. The quantitative estimate of drug-likeness (QED) is 0.464. The van der Waals surface area contributed by atoms with Crippen LogP contribution in [0.4, 0.5) is 17.6 Å². The molecule has 6 heteroatoms. The van der Waals surface area contributed by atoms with Gasteiger partial charge in [0.1, 0.15) is 6.61 Å². The molecule has 1 saturated heterocycles. The molecular formula is C6H8F4O2. The molecule has 1 aliphatic heterocycles. The molecule has 0 radical (unpaired) electrons. The van der Waals surface area contributed by atoms with Crippen molar-refractivity contribution < 1.29 is 27.1 Å². The molecular weight excluding hydrogens is 180 g/mol. The van der Waals surface area contributed by atoms with Crippen molar-refractivity contribution in [2.75, 3.05) is 6.61 Å². The largest absolute Gasteiger partial charge is 0.379 e. The molecule has 0 N–H and O–H groups in total. The number of hydrogen-bond donors (Lipinski definition) is 0. The Labute approximate surface area is 66.5 Å². The van der Waals surface area contributed by atoms with Crippen molar-refractivity contribution in [2.24, 2.45) is 0 Å². The Bertz CT molecular complexity index is 167. The number of Topliss-reactive ketones (excluding diaryl/α,β-unsaturated/α-hetero) is 1. The molecule has 0 aromatic carbocycles. The second kappa shape index (κ2) is 3.38. The van der Waals surface area contributed by atoms with E-state index >= 15 is 0 Å². The summed E-state index contributed by atoms with van der Waals surface area (Å²) in [6.07, 6.45) is -2.75. The maximum Gasteiger partial charge on any atom is 0.379 e. The van der Waals surface area contributed by atoms with Crippen molar-refractivity contribution >= 4 is 5.78 Å². The van der Waals surface area contributed by atoms with Crippen LogP contribution in [0.15, 0.2) is 0 Å². The molecule has 1 fully saturated rings. The molecule has 0 saturated carbocycles. The Kier molecular flexibility index (Phi) is 3.20. The third-order valence-corrected chi connectivity index (χ3v) is 0.981. The van der Waals surface area contributed by atoms with Crippen LogP contribution in [0.25, 0.3) is 0 Å². The zero-order chi connectivity index (χ0) is 9.99. The maximum atomic E-state index is 11.5. The number of ether oxygens (including phenoxy) is 1. The normalized spacial score (nSPS) is 19.2. The lowest BCUT2D eigenvalue weighted by Crippen LogP contribution is -2.20. The molecule has 1 aliphatic rings. The number of rotatable bonds is 1. The lowest BCUT2D eigenvalue weighted by atomic mass is 10.3. The van der Waals surface area contributed by atoms with Crippen molar-refractivity contribution in [1.82, 2.24) is 0 Å². The number of ketones is 1. The molecule has 0 unspecified atom stereocenters. The van der Waals surface area contributed by atoms with Crippen LogP contribution in [0.1, 0.15) is 13.8 Å². The lowest BCUT2D eigenvalue weighted by molar-refractivity contribution is -0.138. The lowest BCUT2D eigenvalue weighted by Gasteiger charge is -2.01.